The maximum atomic E-state index is 11.4. The van der Waals surface area contributed by atoms with Crippen molar-refractivity contribution in [2.45, 2.75) is 52.0 Å². The van der Waals surface area contributed by atoms with Gasteiger partial charge in [-0.3, -0.25) is 4.72 Å². The van der Waals surface area contributed by atoms with E-state index in [-0.39, 0.29) is 11.4 Å². The molecular weight excluding hydrogens is 494 g/mol. The van der Waals surface area contributed by atoms with Crippen LogP contribution >= 0.6 is 11.6 Å². The Hall–Kier alpha value is -3.15. The van der Waals surface area contributed by atoms with Gasteiger partial charge in [-0.15, -0.1) is 11.6 Å². The fourth-order valence-corrected chi connectivity index (χ4v) is 4.68. The SMILES string of the molecule is CCc1cc(C(C)(C)c2ccc(CNc3ccnc(NS(C)(=O)=O)n3)cc2)cc(C#N)c1CCCCl. The third-order valence-corrected chi connectivity index (χ3v) is 7.03. The van der Waals surface area contributed by atoms with Crippen LogP contribution in [0.5, 0.6) is 0 Å². The van der Waals surface area contributed by atoms with Gasteiger partial charge in [-0.2, -0.15) is 10.2 Å². The smallest absolute Gasteiger partial charge is 0.238 e. The summed E-state index contributed by atoms with van der Waals surface area (Å²) in [4.78, 5) is 8.11. The highest BCUT2D eigenvalue weighted by Gasteiger charge is 2.25. The molecule has 0 saturated heterocycles. The minimum atomic E-state index is -3.44. The van der Waals surface area contributed by atoms with Gasteiger partial charge in [0.25, 0.3) is 0 Å². The van der Waals surface area contributed by atoms with Gasteiger partial charge in [-0.25, -0.2) is 13.4 Å². The minimum absolute atomic E-state index is 0.0245. The zero-order valence-electron chi connectivity index (χ0n) is 21.1. The number of rotatable bonds is 11. The Kier molecular flexibility index (Phi) is 8.93. The van der Waals surface area contributed by atoms with E-state index in [9.17, 15) is 13.7 Å². The van der Waals surface area contributed by atoms with Crippen LogP contribution in [0.2, 0.25) is 0 Å². The lowest BCUT2D eigenvalue weighted by atomic mass is 9.76. The predicted molar refractivity (Wildman–Crippen MR) is 146 cm³/mol. The van der Waals surface area contributed by atoms with Crippen LogP contribution in [-0.2, 0) is 34.8 Å². The van der Waals surface area contributed by atoms with Crippen LogP contribution in [-0.4, -0.2) is 30.5 Å². The molecule has 0 aliphatic carbocycles. The molecule has 7 nitrogen and oxygen atoms in total. The van der Waals surface area contributed by atoms with Gasteiger partial charge in [0, 0.05) is 24.0 Å². The molecule has 0 aliphatic rings. The number of hydrogen-bond donors (Lipinski definition) is 2. The number of nitrogens with one attached hydrogen (secondary N) is 2. The number of alkyl halides is 1. The highest BCUT2D eigenvalue weighted by Crippen LogP contribution is 2.34. The molecule has 2 N–H and O–H groups in total. The van der Waals surface area contributed by atoms with Crippen molar-refractivity contribution in [2.75, 3.05) is 22.2 Å². The third-order valence-electron chi connectivity index (χ3n) is 6.21. The minimum Gasteiger partial charge on any atom is -0.366 e. The summed E-state index contributed by atoms with van der Waals surface area (Å²) >= 11 is 5.91. The molecular formula is C27H32ClN5O2S. The summed E-state index contributed by atoms with van der Waals surface area (Å²) in [5.41, 5.74) is 6.08. The van der Waals surface area contributed by atoms with Crippen LogP contribution in [0, 0.1) is 11.3 Å². The number of nitrogens with zero attached hydrogens (tertiary/aromatic N) is 3. The van der Waals surface area contributed by atoms with Crippen LogP contribution < -0.4 is 10.0 Å². The number of anilines is 2. The van der Waals surface area contributed by atoms with Crippen molar-refractivity contribution >= 4 is 33.4 Å². The van der Waals surface area contributed by atoms with Crippen molar-refractivity contribution in [1.29, 1.82) is 5.26 Å². The first-order valence-corrected chi connectivity index (χ1v) is 14.3. The number of hydrogen-bond acceptors (Lipinski definition) is 6. The molecule has 0 amide bonds. The normalized spacial score (nSPS) is 11.7. The quantitative estimate of drug-likeness (QED) is 0.325. The van der Waals surface area contributed by atoms with Gasteiger partial charge in [-0.05, 0) is 59.2 Å². The van der Waals surface area contributed by atoms with E-state index in [2.05, 4.69) is 77.2 Å². The van der Waals surface area contributed by atoms with Gasteiger partial charge in [0.2, 0.25) is 16.0 Å². The average molecular weight is 526 g/mol. The Morgan fingerprint density at radius 1 is 1.11 bits per heavy atom. The molecule has 1 heterocycles. The van der Waals surface area contributed by atoms with Crippen LogP contribution in [0.3, 0.4) is 0 Å². The second-order valence-electron chi connectivity index (χ2n) is 9.23. The summed E-state index contributed by atoms with van der Waals surface area (Å²) in [5, 5.41) is 13.0. The highest BCUT2D eigenvalue weighted by atomic mass is 35.5. The Morgan fingerprint density at radius 3 is 2.44 bits per heavy atom. The standard InChI is InChI=1S/C27H32ClN5O2S/c1-5-20-15-23(16-21(17-29)24(20)7-6-13-28)27(2,3)22-10-8-19(9-11-22)18-31-25-12-14-30-26(32-25)33-36(4,34)35/h8-12,14-16H,5-7,13,18H2,1-4H3,(H2,30,31,32,33). The van der Waals surface area contributed by atoms with Crippen molar-refractivity contribution in [3.05, 3.63) is 82.0 Å². The Labute approximate surface area is 219 Å². The Bertz CT molecular complexity index is 1350. The lowest BCUT2D eigenvalue weighted by molar-refractivity contribution is 0.606. The van der Waals surface area contributed by atoms with Crippen LogP contribution in [0.4, 0.5) is 11.8 Å². The summed E-state index contributed by atoms with van der Waals surface area (Å²) in [7, 11) is -3.44. The fourth-order valence-electron chi connectivity index (χ4n) is 4.12. The molecule has 0 aliphatic heterocycles. The third kappa shape index (κ3) is 6.96. The molecule has 2 aromatic carbocycles. The van der Waals surface area contributed by atoms with E-state index < -0.39 is 10.0 Å². The van der Waals surface area contributed by atoms with Crippen molar-refractivity contribution in [3.8, 4) is 6.07 Å². The zero-order chi connectivity index (χ0) is 26.3. The Morgan fingerprint density at radius 2 is 1.83 bits per heavy atom. The average Bonchev–Trinajstić information content (AvgIpc) is 2.85. The van der Waals surface area contributed by atoms with E-state index in [1.54, 1.807) is 6.07 Å². The van der Waals surface area contributed by atoms with Gasteiger partial charge >= 0.3 is 0 Å². The van der Waals surface area contributed by atoms with Crippen molar-refractivity contribution in [2.24, 2.45) is 0 Å². The molecule has 3 rings (SSSR count). The summed E-state index contributed by atoms with van der Waals surface area (Å²) in [5.74, 6) is 1.13. The van der Waals surface area contributed by atoms with E-state index in [4.69, 9.17) is 11.6 Å². The number of halogens is 1. The molecule has 0 fully saturated rings. The van der Waals surface area contributed by atoms with Crippen LogP contribution in [0.1, 0.15) is 60.6 Å². The van der Waals surface area contributed by atoms with E-state index >= 15 is 0 Å². The summed E-state index contributed by atoms with van der Waals surface area (Å²) in [6.45, 7) is 6.98. The molecule has 1 aromatic heterocycles. The first kappa shape index (κ1) is 27.4. The fraction of sp³-hybridized carbons (Fsp3) is 0.370. The number of aromatic nitrogens is 2. The van der Waals surface area contributed by atoms with E-state index in [1.165, 1.54) is 11.8 Å². The maximum Gasteiger partial charge on any atom is 0.238 e. The largest absolute Gasteiger partial charge is 0.366 e. The maximum absolute atomic E-state index is 11.4. The molecule has 3 aromatic rings. The number of nitriles is 1. The first-order chi connectivity index (χ1) is 17.1. The van der Waals surface area contributed by atoms with Gasteiger partial charge in [-0.1, -0.05) is 51.1 Å². The lowest BCUT2D eigenvalue weighted by Crippen LogP contribution is -2.20. The van der Waals surface area contributed by atoms with E-state index in [0.29, 0.717) is 18.2 Å². The summed E-state index contributed by atoms with van der Waals surface area (Å²) in [6, 6.07) is 16.7. The first-order valence-electron chi connectivity index (χ1n) is 11.8. The zero-order valence-corrected chi connectivity index (χ0v) is 22.7. The number of benzene rings is 2. The van der Waals surface area contributed by atoms with Crippen LogP contribution in [0.15, 0.2) is 48.7 Å². The highest BCUT2D eigenvalue weighted by molar-refractivity contribution is 7.91. The molecule has 36 heavy (non-hydrogen) atoms. The second-order valence-corrected chi connectivity index (χ2v) is 11.4. The number of aryl methyl sites for hydroxylation is 1. The molecule has 0 atom stereocenters. The van der Waals surface area contributed by atoms with Crippen molar-refractivity contribution in [3.63, 3.8) is 0 Å². The van der Waals surface area contributed by atoms with Crippen LogP contribution in [0.25, 0.3) is 0 Å². The Balaban J connectivity index is 1.78. The van der Waals surface area contributed by atoms with Crippen molar-refractivity contribution in [1.82, 2.24) is 9.97 Å². The van der Waals surface area contributed by atoms with Gasteiger partial charge in [0.15, 0.2) is 0 Å². The topological polar surface area (TPSA) is 108 Å². The molecule has 190 valence electrons. The lowest BCUT2D eigenvalue weighted by Gasteiger charge is -2.28. The molecule has 0 bridgehead atoms. The van der Waals surface area contributed by atoms with Crippen molar-refractivity contribution < 1.29 is 8.42 Å². The molecule has 0 saturated carbocycles. The predicted octanol–water partition coefficient (Wildman–Crippen LogP) is 5.39. The molecule has 0 unspecified atom stereocenters. The van der Waals surface area contributed by atoms with Gasteiger partial charge in [0.05, 0.1) is 17.9 Å². The second kappa shape index (κ2) is 11.7. The molecule has 0 radical (unpaired) electrons. The van der Waals surface area contributed by atoms with Gasteiger partial charge in [0.1, 0.15) is 5.82 Å². The summed E-state index contributed by atoms with van der Waals surface area (Å²) in [6.07, 6.45) is 5.09. The van der Waals surface area contributed by atoms with E-state index in [0.717, 1.165) is 53.3 Å². The molecule has 0 spiro atoms. The summed E-state index contributed by atoms with van der Waals surface area (Å²) < 4.78 is 25.1. The van der Waals surface area contributed by atoms with E-state index in [1.807, 2.05) is 6.07 Å². The number of sulfonamides is 1. The molecule has 9 heteroatoms. The van der Waals surface area contributed by atoms with Gasteiger partial charge < -0.3 is 5.32 Å². The monoisotopic (exact) mass is 525 g/mol.